The summed E-state index contributed by atoms with van der Waals surface area (Å²) in [6.45, 7) is 4.88. The summed E-state index contributed by atoms with van der Waals surface area (Å²) in [5.74, 6) is 1.93. The van der Waals surface area contributed by atoms with Crippen molar-refractivity contribution >= 4 is 11.7 Å². The van der Waals surface area contributed by atoms with Crippen molar-refractivity contribution in [3.8, 4) is 16.9 Å². The van der Waals surface area contributed by atoms with E-state index in [1.165, 1.54) is 0 Å². The molecule has 0 N–H and O–H groups in total. The second-order valence-electron chi connectivity index (χ2n) is 9.30. The first-order chi connectivity index (χ1) is 17.0. The number of rotatable bonds is 6. The van der Waals surface area contributed by atoms with Crippen LogP contribution < -0.4 is 4.74 Å². The molecule has 2 aliphatic rings. The van der Waals surface area contributed by atoms with Gasteiger partial charge in [-0.05, 0) is 54.7 Å². The smallest absolute Gasteiger partial charge is 0.254 e. The van der Waals surface area contributed by atoms with E-state index in [0.717, 1.165) is 83.1 Å². The van der Waals surface area contributed by atoms with E-state index in [2.05, 4.69) is 38.3 Å². The van der Waals surface area contributed by atoms with Gasteiger partial charge in [0.2, 0.25) is 0 Å². The molecule has 2 aromatic heterocycles. The van der Waals surface area contributed by atoms with E-state index in [-0.39, 0.29) is 5.91 Å². The van der Waals surface area contributed by atoms with Crippen LogP contribution in [0.5, 0.6) is 5.75 Å². The maximum Gasteiger partial charge on any atom is 0.254 e. The normalized spacial score (nSPS) is 16.8. The fraction of sp³-hybridized carbons (Fsp3) is 0.407. The summed E-state index contributed by atoms with van der Waals surface area (Å²) in [5.41, 5.74) is 7.01. The van der Waals surface area contributed by atoms with Gasteiger partial charge in [0.25, 0.3) is 5.91 Å². The number of pyridine rings is 1. The van der Waals surface area contributed by atoms with Gasteiger partial charge in [0.15, 0.2) is 0 Å². The average Bonchev–Trinajstić information content (AvgIpc) is 3.45. The number of aryl methyl sites for hydroxylation is 2. The van der Waals surface area contributed by atoms with Crippen molar-refractivity contribution in [1.29, 1.82) is 0 Å². The van der Waals surface area contributed by atoms with Gasteiger partial charge < -0.3 is 14.5 Å². The molecule has 0 spiro atoms. The maximum atomic E-state index is 13.8. The van der Waals surface area contributed by atoms with Crippen LogP contribution in [0.25, 0.3) is 11.1 Å². The molecule has 35 heavy (non-hydrogen) atoms. The number of fused-ring (bicyclic) bond motifs is 1. The third-order valence-corrected chi connectivity index (χ3v) is 6.96. The third kappa shape index (κ3) is 4.52. The summed E-state index contributed by atoms with van der Waals surface area (Å²) in [7, 11) is 5.44. The van der Waals surface area contributed by atoms with Crippen LogP contribution in [-0.4, -0.2) is 63.6 Å². The van der Waals surface area contributed by atoms with Gasteiger partial charge >= 0.3 is 0 Å². The zero-order valence-electron chi connectivity index (χ0n) is 20.9. The molecule has 1 fully saturated rings. The lowest BCUT2D eigenvalue weighted by molar-refractivity contribution is 0.0724. The maximum absolute atomic E-state index is 13.8. The summed E-state index contributed by atoms with van der Waals surface area (Å²) in [6.07, 6.45) is 6.70. The van der Waals surface area contributed by atoms with Crippen molar-refractivity contribution in [1.82, 2.24) is 24.6 Å². The minimum atomic E-state index is 0.0475. The number of carbonyl (C=O) groups is 1. The van der Waals surface area contributed by atoms with Gasteiger partial charge in [0, 0.05) is 69.7 Å². The number of aromatic nitrogens is 3. The number of methoxy groups -OCH3 is 1. The molecule has 8 heteroatoms. The van der Waals surface area contributed by atoms with Crippen LogP contribution in [0.2, 0.25) is 0 Å². The molecule has 0 radical (unpaired) electrons. The molecule has 5 rings (SSSR count). The molecule has 3 aromatic rings. The Balaban J connectivity index is 1.53. The van der Waals surface area contributed by atoms with Gasteiger partial charge in [-0.3, -0.25) is 19.5 Å². The number of likely N-dealkylation sites (tertiary alicyclic amines) is 1. The molecule has 0 unspecified atom stereocenters. The predicted molar refractivity (Wildman–Crippen MR) is 136 cm³/mol. The molecular weight excluding hydrogens is 440 g/mol. The molecule has 0 saturated carbocycles. The van der Waals surface area contributed by atoms with E-state index in [9.17, 15) is 4.79 Å². The van der Waals surface area contributed by atoms with Crippen molar-refractivity contribution in [2.45, 2.75) is 39.3 Å². The number of carbonyl (C=O) groups excluding carboxylic acids is 1. The predicted octanol–water partition coefficient (Wildman–Crippen LogP) is 3.62. The first-order valence-corrected chi connectivity index (χ1v) is 12.1. The Hall–Kier alpha value is -3.68. The van der Waals surface area contributed by atoms with E-state index in [0.29, 0.717) is 13.1 Å². The van der Waals surface area contributed by atoms with E-state index in [1.807, 2.05) is 42.7 Å². The number of amidine groups is 1. The molecule has 0 atom stereocenters. The molecule has 4 heterocycles. The lowest BCUT2D eigenvalue weighted by Crippen LogP contribution is -2.37. The number of amides is 1. The Bertz CT molecular complexity index is 1290. The quantitative estimate of drug-likeness (QED) is 0.548. The molecule has 8 nitrogen and oxygen atoms in total. The fourth-order valence-electron chi connectivity index (χ4n) is 5.28. The van der Waals surface area contributed by atoms with Crippen LogP contribution in [0.3, 0.4) is 0 Å². The largest absolute Gasteiger partial charge is 0.497 e. The lowest BCUT2D eigenvalue weighted by atomic mass is 9.88. The molecule has 1 aromatic carbocycles. The molecule has 0 aliphatic carbocycles. The van der Waals surface area contributed by atoms with Gasteiger partial charge in [-0.2, -0.15) is 5.10 Å². The number of nitrogens with zero attached hydrogens (tertiary/aromatic N) is 6. The lowest BCUT2D eigenvalue weighted by Gasteiger charge is -2.31. The SMILES string of the molecule is CN=C1CCCN1Cc1cc2c(c(-c3cn(C)nc3C)c1)CCN(Cc1cc(OC)ccn1)C2=O. The van der Waals surface area contributed by atoms with Crippen molar-refractivity contribution in [3.05, 3.63) is 64.7 Å². The van der Waals surface area contributed by atoms with Crippen LogP contribution >= 0.6 is 0 Å². The molecule has 1 amide bonds. The summed E-state index contributed by atoms with van der Waals surface area (Å²) in [6, 6.07) is 8.05. The number of hydrogen-bond donors (Lipinski definition) is 0. The standard InChI is InChI=1S/C27H32N6O2/c1-18-25(17-31(3)30-18)23-12-19(15-32-10-5-6-26(32)28-2)13-24-22(23)8-11-33(27(24)34)16-20-14-21(35-4)7-9-29-20/h7,9,12-14,17H,5-6,8,10-11,15-16H2,1-4H3. The Kier molecular flexibility index (Phi) is 6.28. The van der Waals surface area contributed by atoms with E-state index in [1.54, 1.807) is 13.3 Å². The van der Waals surface area contributed by atoms with Crippen molar-refractivity contribution in [2.75, 3.05) is 27.2 Å². The van der Waals surface area contributed by atoms with E-state index in [4.69, 9.17) is 4.74 Å². The summed E-state index contributed by atoms with van der Waals surface area (Å²) in [4.78, 5) is 26.9. The Morgan fingerprint density at radius 3 is 2.63 bits per heavy atom. The number of hydrogen-bond acceptors (Lipinski definition) is 5. The minimum absolute atomic E-state index is 0.0475. The van der Waals surface area contributed by atoms with Crippen molar-refractivity contribution in [2.24, 2.45) is 12.0 Å². The third-order valence-electron chi connectivity index (χ3n) is 6.96. The van der Waals surface area contributed by atoms with Crippen molar-refractivity contribution < 1.29 is 9.53 Å². The van der Waals surface area contributed by atoms with Gasteiger partial charge in [-0.15, -0.1) is 0 Å². The minimum Gasteiger partial charge on any atom is -0.497 e. The topological polar surface area (TPSA) is 75.8 Å². The molecule has 182 valence electrons. The van der Waals surface area contributed by atoms with Gasteiger partial charge in [0.05, 0.1) is 30.9 Å². The highest BCUT2D eigenvalue weighted by Gasteiger charge is 2.29. The highest BCUT2D eigenvalue weighted by molar-refractivity contribution is 5.99. The highest BCUT2D eigenvalue weighted by Crippen LogP contribution is 2.34. The number of benzene rings is 1. The van der Waals surface area contributed by atoms with Crippen molar-refractivity contribution in [3.63, 3.8) is 0 Å². The summed E-state index contributed by atoms with van der Waals surface area (Å²) < 4.78 is 7.18. The fourth-order valence-corrected chi connectivity index (χ4v) is 5.28. The molecule has 1 saturated heterocycles. The van der Waals surface area contributed by atoms with Crippen LogP contribution in [0.1, 0.15) is 45.7 Å². The zero-order chi connectivity index (χ0) is 24.5. The Morgan fingerprint density at radius 1 is 1.06 bits per heavy atom. The van der Waals surface area contributed by atoms with Crippen LogP contribution in [0.4, 0.5) is 0 Å². The molecular formula is C27H32N6O2. The van der Waals surface area contributed by atoms with Gasteiger partial charge in [0.1, 0.15) is 5.75 Å². The van der Waals surface area contributed by atoms with Gasteiger partial charge in [-0.25, -0.2) is 0 Å². The first-order valence-electron chi connectivity index (χ1n) is 12.1. The molecule has 2 aliphatic heterocycles. The second-order valence-corrected chi connectivity index (χ2v) is 9.30. The van der Waals surface area contributed by atoms with Crippen LogP contribution in [0.15, 0.2) is 41.7 Å². The summed E-state index contributed by atoms with van der Waals surface area (Å²) >= 11 is 0. The Morgan fingerprint density at radius 2 is 1.89 bits per heavy atom. The van der Waals surface area contributed by atoms with E-state index >= 15 is 0 Å². The number of aliphatic imine (C=N–C) groups is 1. The van der Waals surface area contributed by atoms with E-state index < -0.39 is 0 Å². The monoisotopic (exact) mass is 472 g/mol. The zero-order valence-corrected chi connectivity index (χ0v) is 20.9. The second kappa shape index (κ2) is 9.52. The molecule has 0 bridgehead atoms. The number of ether oxygens (including phenoxy) is 1. The first kappa shape index (κ1) is 23.1. The average molecular weight is 473 g/mol. The van der Waals surface area contributed by atoms with Crippen LogP contribution in [-0.2, 0) is 26.6 Å². The van der Waals surface area contributed by atoms with Crippen LogP contribution in [0, 0.1) is 6.92 Å². The summed E-state index contributed by atoms with van der Waals surface area (Å²) in [5, 5.41) is 4.57. The highest BCUT2D eigenvalue weighted by atomic mass is 16.5. The Labute approximate surface area is 206 Å². The van der Waals surface area contributed by atoms with Gasteiger partial charge in [-0.1, -0.05) is 0 Å².